The van der Waals surface area contributed by atoms with E-state index >= 15 is 0 Å². The Labute approximate surface area is 139 Å². The standard InChI is InChI=1S/C21H26N2/c1-17-15-21(22-20-10-6-5-9-19(17)20)11-13-23(14-12-21)16-18-7-3-2-4-8-18/h2-10,17,22H,11-16H2,1H3. The Bertz CT molecular complexity index is 657. The average molecular weight is 306 g/mol. The highest BCUT2D eigenvalue weighted by molar-refractivity contribution is 5.57. The predicted molar refractivity (Wildman–Crippen MR) is 96.8 cm³/mol. The normalized spacial score (nSPS) is 23.3. The van der Waals surface area contributed by atoms with E-state index in [1.807, 2.05) is 0 Å². The van der Waals surface area contributed by atoms with Gasteiger partial charge in [-0.25, -0.2) is 0 Å². The Morgan fingerprint density at radius 3 is 2.48 bits per heavy atom. The van der Waals surface area contributed by atoms with Crippen LogP contribution in [0.3, 0.4) is 0 Å². The number of hydrogen-bond acceptors (Lipinski definition) is 2. The van der Waals surface area contributed by atoms with Gasteiger partial charge in [-0.2, -0.15) is 0 Å². The van der Waals surface area contributed by atoms with E-state index in [1.54, 1.807) is 0 Å². The van der Waals surface area contributed by atoms with Gasteiger partial charge >= 0.3 is 0 Å². The number of anilines is 1. The first-order valence-electron chi connectivity index (χ1n) is 8.88. The van der Waals surface area contributed by atoms with E-state index in [4.69, 9.17) is 0 Å². The van der Waals surface area contributed by atoms with Gasteiger partial charge in [-0.3, -0.25) is 4.90 Å². The molecule has 1 atom stereocenters. The molecule has 2 nitrogen and oxygen atoms in total. The van der Waals surface area contributed by atoms with E-state index in [0.717, 1.165) is 6.54 Å². The van der Waals surface area contributed by atoms with Gasteiger partial charge < -0.3 is 5.32 Å². The lowest BCUT2D eigenvalue weighted by molar-refractivity contribution is 0.154. The topological polar surface area (TPSA) is 15.3 Å². The molecule has 0 bridgehead atoms. The third kappa shape index (κ3) is 3.00. The van der Waals surface area contributed by atoms with Crippen LogP contribution >= 0.6 is 0 Å². The van der Waals surface area contributed by atoms with E-state index in [-0.39, 0.29) is 0 Å². The molecular formula is C21H26N2. The van der Waals surface area contributed by atoms with Gasteiger partial charge in [0.05, 0.1) is 0 Å². The van der Waals surface area contributed by atoms with Gasteiger partial charge in [0, 0.05) is 30.9 Å². The van der Waals surface area contributed by atoms with Crippen molar-refractivity contribution in [3.63, 3.8) is 0 Å². The molecule has 0 radical (unpaired) electrons. The highest BCUT2D eigenvalue weighted by atomic mass is 15.2. The second-order valence-electron chi connectivity index (χ2n) is 7.36. The molecule has 1 spiro atoms. The summed E-state index contributed by atoms with van der Waals surface area (Å²) in [5, 5.41) is 3.90. The van der Waals surface area contributed by atoms with Crippen molar-refractivity contribution < 1.29 is 0 Å². The molecule has 120 valence electrons. The maximum atomic E-state index is 3.90. The van der Waals surface area contributed by atoms with Crippen molar-refractivity contribution >= 4 is 5.69 Å². The molecule has 0 amide bonds. The number of piperidine rings is 1. The molecule has 1 fully saturated rings. The summed E-state index contributed by atoms with van der Waals surface area (Å²) in [5.41, 5.74) is 4.59. The number of para-hydroxylation sites is 1. The second kappa shape index (κ2) is 6.01. The van der Waals surface area contributed by atoms with Gasteiger partial charge in [-0.05, 0) is 42.4 Å². The predicted octanol–water partition coefficient (Wildman–Crippen LogP) is 4.64. The van der Waals surface area contributed by atoms with E-state index in [1.165, 1.54) is 49.2 Å². The quantitative estimate of drug-likeness (QED) is 0.869. The monoisotopic (exact) mass is 306 g/mol. The van der Waals surface area contributed by atoms with Crippen LogP contribution in [0.5, 0.6) is 0 Å². The van der Waals surface area contributed by atoms with Crippen molar-refractivity contribution in [2.75, 3.05) is 18.4 Å². The highest BCUT2D eigenvalue weighted by Gasteiger charge is 2.39. The number of likely N-dealkylation sites (tertiary alicyclic amines) is 1. The van der Waals surface area contributed by atoms with Crippen LogP contribution in [0, 0.1) is 0 Å². The Balaban J connectivity index is 1.43. The molecule has 1 saturated heterocycles. The summed E-state index contributed by atoms with van der Waals surface area (Å²) in [7, 11) is 0. The van der Waals surface area contributed by atoms with Gasteiger partial charge in [0.2, 0.25) is 0 Å². The summed E-state index contributed by atoms with van der Waals surface area (Å²) >= 11 is 0. The van der Waals surface area contributed by atoms with Gasteiger partial charge in [-0.1, -0.05) is 55.5 Å². The number of benzene rings is 2. The van der Waals surface area contributed by atoms with Gasteiger partial charge in [-0.15, -0.1) is 0 Å². The molecule has 0 saturated carbocycles. The smallest absolute Gasteiger partial charge is 0.0404 e. The van der Waals surface area contributed by atoms with E-state index in [0.29, 0.717) is 11.5 Å². The number of rotatable bonds is 2. The molecule has 2 aliphatic rings. The van der Waals surface area contributed by atoms with Crippen molar-refractivity contribution in [1.82, 2.24) is 4.90 Å². The molecule has 2 aliphatic heterocycles. The molecule has 2 heteroatoms. The molecule has 0 aliphatic carbocycles. The summed E-state index contributed by atoms with van der Waals surface area (Å²) in [5.74, 6) is 0.660. The summed E-state index contributed by atoms with van der Waals surface area (Å²) in [6.07, 6.45) is 3.76. The number of fused-ring (bicyclic) bond motifs is 1. The summed E-state index contributed by atoms with van der Waals surface area (Å²) in [6.45, 7) is 5.86. The lowest BCUT2D eigenvalue weighted by Crippen LogP contribution is -2.51. The van der Waals surface area contributed by atoms with E-state index in [9.17, 15) is 0 Å². The molecule has 23 heavy (non-hydrogen) atoms. The van der Waals surface area contributed by atoms with Crippen LogP contribution < -0.4 is 5.32 Å². The maximum absolute atomic E-state index is 3.90. The lowest BCUT2D eigenvalue weighted by atomic mass is 9.74. The van der Waals surface area contributed by atoms with Crippen LogP contribution in [-0.4, -0.2) is 23.5 Å². The Kier molecular flexibility index (Phi) is 3.86. The fraction of sp³-hybridized carbons (Fsp3) is 0.429. The van der Waals surface area contributed by atoms with Crippen LogP contribution in [0.2, 0.25) is 0 Å². The zero-order chi connectivity index (χ0) is 15.7. The molecule has 1 N–H and O–H groups in total. The SMILES string of the molecule is CC1CC2(CCN(Cc3ccccc3)CC2)Nc2ccccc21. The van der Waals surface area contributed by atoms with Crippen molar-refractivity contribution in [1.29, 1.82) is 0 Å². The fourth-order valence-electron chi connectivity index (χ4n) is 4.38. The Morgan fingerprint density at radius 2 is 1.70 bits per heavy atom. The zero-order valence-electron chi connectivity index (χ0n) is 14.0. The van der Waals surface area contributed by atoms with Crippen LogP contribution in [0.25, 0.3) is 0 Å². The number of nitrogens with zero attached hydrogens (tertiary/aromatic N) is 1. The van der Waals surface area contributed by atoms with Crippen molar-refractivity contribution in [3.8, 4) is 0 Å². The van der Waals surface area contributed by atoms with Gasteiger partial charge in [0.1, 0.15) is 0 Å². The molecule has 0 aromatic heterocycles. The first-order chi connectivity index (χ1) is 11.2. The van der Waals surface area contributed by atoms with Gasteiger partial charge in [0.25, 0.3) is 0 Å². The van der Waals surface area contributed by atoms with Crippen molar-refractivity contribution in [3.05, 3.63) is 65.7 Å². The van der Waals surface area contributed by atoms with Crippen LogP contribution in [0.1, 0.15) is 43.2 Å². The minimum absolute atomic E-state index is 0.307. The average Bonchev–Trinajstić information content (AvgIpc) is 2.58. The van der Waals surface area contributed by atoms with Crippen LogP contribution in [0.15, 0.2) is 54.6 Å². The Hall–Kier alpha value is -1.80. The third-order valence-electron chi connectivity index (χ3n) is 5.65. The van der Waals surface area contributed by atoms with Crippen molar-refractivity contribution in [2.24, 2.45) is 0 Å². The minimum Gasteiger partial charge on any atom is -0.379 e. The molecule has 2 aromatic carbocycles. The Morgan fingerprint density at radius 1 is 1.00 bits per heavy atom. The molecular weight excluding hydrogens is 280 g/mol. The van der Waals surface area contributed by atoms with Crippen LogP contribution in [-0.2, 0) is 6.54 Å². The number of nitrogens with one attached hydrogen (secondary N) is 1. The summed E-state index contributed by atoms with van der Waals surface area (Å²) in [4.78, 5) is 2.60. The highest BCUT2D eigenvalue weighted by Crippen LogP contribution is 2.43. The molecule has 2 heterocycles. The van der Waals surface area contributed by atoms with Crippen molar-refractivity contribution in [2.45, 2.75) is 44.2 Å². The third-order valence-corrected chi connectivity index (χ3v) is 5.65. The molecule has 2 aromatic rings. The van der Waals surface area contributed by atoms with E-state index in [2.05, 4.69) is 71.7 Å². The zero-order valence-corrected chi connectivity index (χ0v) is 14.0. The molecule has 4 rings (SSSR count). The summed E-state index contributed by atoms with van der Waals surface area (Å²) in [6, 6.07) is 19.7. The van der Waals surface area contributed by atoms with E-state index < -0.39 is 0 Å². The number of hydrogen-bond donors (Lipinski definition) is 1. The second-order valence-corrected chi connectivity index (χ2v) is 7.36. The first kappa shape index (κ1) is 14.8. The van der Waals surface area contributed by atoms with Gasteiger partial charge in [0.15, 0.2) is 0 Å². The maximum Gasteiger partial charge on any atom is 0.0404 e. The summed E-state index contributed by atoms with van der Waals surface area (Å²) < 4.78 is 0. The largest absolute Gasteiger partial charge is 0.379 e. The van der Waals surface area contributed by atoms with Crippen LogP contribution in [0.4, 0.5) is 5.69 Å². The lowest BCUT2D eigenvalue weighted by Gasteiger charge is -2.47. The minimum atomic E-state index is 0.307. The fourth-order valence-corrected chi connectivity index (χ4v) is 4.38. The molecule has 1 unspecified atom stereocenters. The first-order valence-corrected chi connectivity index (χ1v) is 8.88.